The van der Waals surface area contributed by atoms with Crippen LogP contribution in [0.5, 0.6) is 0 Å². The number of hydrogen-bond donors (Lipinski definition) is 1. The molecule has 0 saturated heterocycles. The highest BCUT2D eigenvalue weighted by Gasteiger charge is 2.09. The first-order valence-corrected chi connectivity index (χ1v) is 5.07. The first-order valence-electron chi connectivity index (χ1n) is 5.07. The molecular formula is C11H13FN4. The molecule has 4 nitrogen and oxygen atoms in total. The maximum Gasteiger partial charge on any atom is 0.158 e. The van der Waals surface area contributed by atoms with Crippen LogP contribution in [0.2, 0.25) is 0 Å². The topological polar surface area (TPSA) is 56.7 Å². The van der Waals surface area contributed by atoms with Gasteiger partial charge >= 0.3 is 0 Å². The van der Waals surface area contributed by atoms with Crippen LogP contribution in [0.25, 0.3) is 11.4 Å². The number of nitrogen functional groups attached to an aromatic ring is 1. The van der Waals surface area contributed by atoms with Crippen LogP contribution in [0.15, 0.2) is 18.2 Å². The lowest BCUT2D eigenvalue weighted by molar-refractivity contribution is 0.632. The van der Waals surface area contributed by atoms with E-state index in [0.29, 0.717) is 5.82 Å². The van der Waals surface area contributed by atoms with Crippen LogP contribution < -0.4 is 5.73 Å². The van der Waals surface area contributed by atoms with Gasteiger partial charge in [-0.05, 0) is 18.2 Å². The van der Waals surface area contributed by atoms with Crippen molar-refractivity contribution in [2.75, 3.05) is 5.73 Å². The van der Waals surface area contributed by atoms with Crippen molar-refractivity contribution in [2.24, 2.45) is 7.05 Å². The zero-order chi connectivity index (χ0) is 11.7. The van der Waals surface area contributed by atoms with Crippen LogP contribution in [0.1, 0.15) is 12.7 Å². The molecule has 0 fully saturated rings. The SMILES string of the molecule is CCc1nc(-c2ccc(F)c(N)c2)n(C)n1. The molecule has 0 aliphatic rings. The number of halogens is 1. The molecule has 2 rings (SSSR count). The smallest absolute Gasteiger partial charge is 0.158 e. The Morgan fingerprint density at radius 3 is 2.75 bits per heavy atom. The second-order valence-electron chi connectivity index (χ2n) is 3.57. The molecule has 0 spiro atoms. The Morgan fingerprint density at radius 1 is 1.44 bits per heavy atom. The minimum absolute atomic E-state index is 0.124. The minimum atomic E-state index is -0.415. The Labute approximate surface area is 92.9 Å². The van der Waals surface area contributed by atoms with Gasteiger partial charge in [-0.3, -0.25) is 0 Å². The summed E-state index contributed by atoms with van der Waals surface area (Å²) in [5.74, 6) is 1.05. The Kier molecular flexibility index (Phi) is 2.60. The maximum absolute atomic E-state index is 13.0. The van der Waals surface area contributed by atoms with Gasteiger partial charge in [0.05, 0.1) is 5.69 Å². The standard InChI is InChI=1S/C11H13FN4/c1-3-10-14-11(16(2)15-10)7-4-5-8(12)9(13)6-7/h4-6H,3,13H2,1-2H3. The molecule has 0 aliphatic carbocycles. The number of aryl methyl sites for hydroxylation is 2. The summed E-state index contributed by atoms with van der Waals surface area (Å²) < 4.78 is 14.7. The van der Waals surface area contributed by atoms with E-state index in [-0.39, 0.29) is 5.69 Å². The molecule has 0 bridgehead atoms. The molecule has 0 radical (unpaired) electrons. The molecule has 1 heterocycles. The molecular weight excluding hydrogens is 207 g/mol. The van der Waals surface area contributed by atoms with Crippen LogP contribution in [0.3, 0.4) is 0 Å². The van der Waals surface area contributed by atoms with Crippen molar-refractivity contribution in [1.82, 2.24) is 14.8 Å². The zero-order valence-corrected chi connectivity index (χ0v) is 9.24. The van der Waals surface area contributed by atoms with Crippen molar-refractivity contribution in [3.05, 3.63) is 29.8 Å². The van der Waals surface area contributed by atoms with E-state index in [1.165, 1.54) is 6.07 Å². The fourth-order valence-corrected chi connectivity index (χ4v) is 1.52. The number of anilines is 1. The van der Waals surface area contributed by atoms with Gasteiger partial charge in [-0.15, -0.1) is 0 Å². The number of nitrogens with two attached hydrogens (primary N) is 1. The molecule has 1 aromatic carbocycles. The summed E-state index contributed by atoms with van der Waals surface area (Å²) in [4.78, 5) is 4.34. The molecule has 1 aromatic heterocycles. The number of nitrogens with zero attached hydrogens (tertiary/aromatic N) is 3. The van der Waals surface area contributed by atoms with Gasteiger partial charge in [0.25, 0.3) is 0 Å². The lowest BCUT2D eigenvalue weighted by Gasteiger charge is -2.02. The van der Waals surface area contributed by atoms with Crippen molar-refractivity contribution in [3.63, 3.8) is 0 Å². The fourth-order valence-electron chi connectivity index (χ4n) is 1.52. The zero-order valence-electron chi connectivity index (χ0n) is 9.24. The van der Waals surface area contributed by atoms with Gasteiger partial charge in [-0.2, -0.15) is 5.10 Å². The molecule has 5 heteroatoms. The van der Waals surface area contributed by atoms with Gasteiger partial charge in [0.1, 0.15) is 5.82 Å². The van der Waals surface area contributed by atoms with Crippen LogP contribution in [0, 0.1) is 5.82 Å². The molecule has 0 unspecified atom stereocenters. The van der Waals surface area contributed by atoms with Gasteiger partial charge < -0.3 is 5.73 Å². The monoisotopic (exact) mass is 220 g/mol. The fraction of sp³-hybridized carbons (Fsp3) is 0.273. The predicted molar refractivity (Wildman–Crippen MR) is 60.2 cm³/mol. The number of rotatable bonds is 2. The third kappa shape index (κ3) is 1.76. The highest BCUT2D eigenvalue weighted by atomic mass is 19.1. The van der Waals surface area contributed by atoms with Gasteiger partial charge in [0.15, 0.2) is 11.6 Å². The highest BCUT2D eigenvalue weighted by molar-refractivity contribution is 5.61. The third-order valence-electron chi connectivity index (χ3n) is 2.38. The molecule has 0 atom stereocenters. The Balaban J connectivity index is 2.49. The van der Waals surface area contributed by atoms with Crippen molar-refractivity contribution >= 4 is 5.69 Å². The van der Waals surface area contributed by atoms with Crippen LogP contribution in [-0.4, -0.2) is 14.8 Å². The van der Waals surface area contributed by atoms with E-state index in [1.54, 1.807) is 23.9 Å². The van der Waals surface area contributed by atoms with Crippen molar-refractivity contribution in [3.8, 4) is 11.4 Å². The van der Waals surface area contributed by atoms with Crippen molar-refractivity contribution in [2.45, 2.75) is 13.3 Å². The summed E-state index contributed by atoms with van der Waals surface area (Å²) in [5.41, 5.74) is 6.41. The quantitative estimate of drug-likeness (QED) is 0.785. The largest absolute Gasteiger partial charge is 0.396 e. The summed E-state index contributed by atoms with van der Waals surface area (Å²) in [5, 5.41) is 4.23. The number of hydrogen-bond acceptors (Lipinski definition) is 3. The normalized spacial score (nSPS) is 10.7. The lowest BCUT2D eigenvalue weighted by Crippen LogP contribution is -1.96. The summed E-state index contributed by atoms with van der Waals surface area (Å²) >= 11 is 0. The Hall–Kier alpha value is -1.91. The molecule has 0 saturated carbocycles. The Bertz CT molecular complexity index is 519. The van der Waals surface area contributed by atoms with E-state index in [9.17, 15) is 4.39 Å². The maximum atomic E-state index is 13.0. The summed E-state index contributed by atoms with van der Waals surface area (Å²) in [7, 11) is 1.81. The van der Waals surface area contributed by atoms with Crippen LogP contribution in [0.4, 0.5) is 10.1 Å². The number of benzene rings is 1. The van der Waals surface area contributed by atoms with Gasteiger partial charge in [-0.25, -0.2) is 14.1 Å². The molecule has 84 valence electrons. The average molecular weight is 220 g/mol. The van der Waals surface area contributed by atoms with Gasteiger partial charge in [0, 0.05) is 19.0 Å². The molecule has 0 amide bonds. The second kappa shape index (κ2) is 3.92. The third-order valence-corrected chi connectivity index (χ3v) is 2.38. The highest BCUT2D eigenvalue weighted by Crippen LogP contribution is 2.21. The number of aromatic nitrogens is 3. The second-order valence-corrected chi connectivity index (χ2v) is 3.57. The van der Waals surface area contributed by atoms with E-state index in [4.69, 9.17) is 5.73 Å². The molecule has 0 aliphatic heterocycles. The van der Waals surface area contributed by atoms with Crippen LogP contribution >= 0.6 is 0 Å². The van der Waals surface area contributed by atoms with E-state index in [2.05, 4.69) is 10.1 Å². The van der Waals surface area contributed by atoms with Gasteiger partial charge in [0.2, 0.25) is 0 Å². The molecule has 2 aromatic rings. The Morgan fingerprint density at radius 2 is 2.19 bits per heavy atom. The summed E-state index contributed by atoms with van der Waals surface area (Å²) in [6.07, 6.45) is 0.768. The summed E-state index contributed by atoms with van der Waals surface area (Å²) in [6, 6.07) is 4.55. The average Bonchev–Trinajstić information content (AvgIpc) is 2.64. The summed E-state index contributed by atoms with van der Waals surface area (Å²) in [6.45, 7) is 1.98. The van der Waals surface area contributed by atoms with E-state index in [0.717, 1.165) is 17.8 Å². The van der Waals surface area contributed by atoms with Crippen molar-refractivity contribution < 1.29 is 4.39 Å². The van der Waals surface area contributed by atoms with E-state index in [1.807, 2.05) is 6.92 Å². The molecule has 16 heavy (non-hydrogen) atoms. The predicted octanol–water partition coefficient (Wildman–Crippen LogP) is 1.77. The van der Waals surface area contributed by atoms with E-state index >= 15 is 0 Å². The first kappa shape index (κ1) is 10.6. The first-order chi connectivity index (χ1) is 7.61. The lowest BCUT2D eigenvalue weighted by atomic mass is 10.2. The van der Waals surface area contributed by atoms with Gasteiger partial charge in [-0.1, -0.05) is 6.92 Å². The van der Waals surface area contributed by atoms with E-state index < -0.39 is 5.82 Å². The molecule has 2 N–H and O–H groups in total. The van der Waals surface area contributed by atoms with Crippen LogP contribution in [-0.2, 0) is 13.5 Å². The minimum Gasteiger partial charge on any atom is -0.396 e. The van der Waals surface area contributed by atoms with Crippen molar-refractivity contribution in [1.29, 1.82) is 0 Å².